The fraction of sp³-hybridized carbons (Fsp3) is 0.450. The molecule has 1 saturated carbocycles. The van der Waals surface area contributed by atoms with Crippen LogP contribution in [0, 0.1) is 11.7 Å². The highest BCUT2D eigenvalue weighted by atomic mass is 32.1. The van der Waals surface area contributed by atoms with Gasteiger partial charge in [0.25, 0.3) is 5.91 Å². The van der Waals surface area contributed by atoms with Crippen molar-refractivity contribution >= 4 is 17.2 Å². The number of piperidine rings is 1. The number of carbonyl (C=O) groups is 1. The number of hydrogen-bond donors (Lipinski definition) is 1. The van der Waals surface area contributed by atoms with E-state index in [1.165, 1.54) is 23.5 Å². The lowest BCUT2D eigenvalue weighted by atomic mass is 9.66. The highest BCUT2D eigenvalue weighted by Crippen LogP contribution is 2.49. The van der Waals surface area contributed by atoms with Crippen LogP contribution in [0.15, 0.2) is 41.8 Å². The Morgan fingerprint density at radius 3 is 2.72 bits per heavy atom. The van der Waals surface area contributed by atoms with E-state index in [-0.39, 0.29) is 23.7 Å². The van der Waals surface area contributed by atoms with E-state index in [4.69, 9.17) is 0 Å². The van der Waals surface area contributed by atoms with E-state index in [2.05, 4.69) is 0 Å². The molecule has 0 bridgehead atoms. The molecule has 3 nitrogen and oxygen atoms in total. The lowest BCUT2D eigenvalue weighted by molar-refractivity contribution is -0.114. The van der Waals surface area contributed by atoms with Crippen LogP contribution in [0.3, 0.4) is 0 Å². The Hall–Kier alpha value is -1.72. The number of rotatable bonds is 2. The topological polar surface area (TPSA) is 40.5 Å². The second-order valence-electron chi connectivity index (χ2n) is 7.18. The summed E-state index contributed by atoms with van der Waals surface area (Å²) in [6.45, 7) is 0.534. The molecule has 1 aliphatic carbocycles. The fourth-order valence-electron chi connectivity index (χ4n) is 4.52. The number of amides is 1. The maximum absolute atomic E-state index is 13.4. The van der Waals surface area contributed by atoms with Crippen LogP contribution in [0.1, 0.15) is 53.4 Å². The lowest BCUT2D eigenvalue weighted by Gasteiger charge is -2.52. The first-order valence-electron chi connectivity index (χ1n) is 8.91. The molecular formula is C20H22FNO2S. The molecule has 2 heterocycles. The van der Waals surface area contributed by atoms with Gasteiger partial charge in [0.2, 0.25) is 0 Å². The Balaban J connectivity index is 1.74. The summed E-state index contributed by atoms with van der Waals surface area (Å²) in [5, 5.41) is 13.1. The van der Waals surface area contributed by atoms with Crippen molar-refractivity contribution in [1.82, 2.24) is 4.90 Å². The molecule has 1 aromatic heterocycles. The van der Waals surface area contributed by atoms with Crippen LogP contribution < -0.4 is 0 Å². The molecule has 0 unspecified atom stereocenters. The number of thiophene rings is 1. The number of aliphatic hydroxyl groups is 1. The first-order valence-corrected chi connectivity index (χ1v) is 9.79. The Kier molecular flexibility index (Phi) is 4.38. The van der Waals surface area contributed by atoms with Crippen LogP contribution in [0.4, 0.5) is 4.39 Å². The van der Waals surface area contributed by atoms with E-state index in [0.717, 1.165) is 31.2 Å². The van der Waals surface area contributed by atoms with Gasteiger partial charge in [-0.05, 0) is 48.4 Å². The molecule has 1 saturated heterocycles. The molecule has 1 N–H and O–H groups in total. The molecule has 3 atom stereocenters. The average molecular weight is 359 g/mol. The summed E-state index contributed by atoms with van der Waals surface area (Å²) >= 11 is 1.44. The van der Waals surface area contributed by atoms with Crippen molar-refractivity contribution in [1.29, 1.82) is 0 Å². The number of benzene rings is 1. The second kappa shape index (κ2) is 6.54. The van der Waals surface area contributed by atoms with Crippen molar-refractivity contribution in [3.05, 3.63) is 58.0 Å². The third-order valence-corrected chi connectivity index (χ3v) is 6.63. The Labute approximate surface area is 151 Å². The van der Waals surface area contributed by atoms with E-state index >= 15 is 0 Å². The molecule has 5 heteroatoms. The number of carbonyl (C=O) groups excluding carboxylic acids is 1. The van der Waals surface area contributed by atoms with Gasteiger partial charge in [-0.2, -0.15) is 0 Å². The number of hydrogen-bond acceptors (Lipinski definition) is 3. The predicted molar refractivity (Wildman–Crippen MR) is 96.0 cm³/mol. The summed E-state index contributed by atoms with van der Waals surface area (Å²) in [5.41, 5.74) is 0.195. The van der Waals surface area contributed by atoms with Gasteiger partial charge >= 0.3 is 0 Å². The molecule has 132 valence electrons. The second-order valence-corrected chi connectivity index (χ2v) is 8.13. The third-order valence-electron chi connectivity index (χ3n) is 5.77. The van der Waals surface area contributed by atoms with Crippen LogP contribution in [0.2, 0.25) is 0 Å². The van der Waals surface area contributed by atoms with Crippen LogP contribution in [0.5, 0.6) is 0 Å². The first kappa shape index (κ1) is 16.7. The van der Waals surface area contributed by atoms with Crippen molar-refractivity contribution < 1.29 is 14.3 Å². The van der Waals surface area contributed by atoms with E-state index in [1.54, 1.807) is 12.1 Å². The fourth-order valence-corrected chi connectivity index (χ4v) is 5.20. The van der Waals surface area contributed by atoms with Crippen molar-refractivity contribution in [3.63, 3.8) is 0 Å². The normalized spacial score (nSPS) is 29.3. The Morgan fingerprint density at radius 2 is 2.00 bits per heavy atom. The van der Waals surface area contributed by atoms with Gasteiger partial charge in [0, 0.05) is 12.5 Å². The number of likely N-dealkylation sites (tertiary alicyclic amines) is 1. The summed E-state index contributed by atoms with van der Waals surface area (Å²) in [6.07, 6.45) is 4.39. The molecule has 1 aromatic carbocycles. The van der Waals surface area contributed by atoms with Crippen molar-refractivity contribution in [3.8, 4) is 0 Å². The maximum Gasteiger partial charge on any atom is 0.264 e. The zero-order chi connectivity index (χ0) is 17.4. The van der Waals surface area contributed by atoms with Crippen LogP contribution >= 0.6 is 11.3 Å². The third kappa shape index (κ3) is 3.00. The molecular weight excluding hydrogens is 337 g/mol. The molecule has 2 aliphatic rings. The monoisotopic (exact) mass is 359 g/mol. The summed E-state index contributed by atoms with van der Waals surface area (Å²) in [4.78, 5) is 15.7. The lowest BCUT2D eigenvalue weighted by Crippen LogP contribution is -2.56. The van der Waals surface area contributed by atoms with Gasteiger partial charge in [-0.1, -0.05) is 31.0 Å². The average Bonchev–Trinajstić information content (AvgIpc) is 3.15. The van der Waals surface area contributed by atoms with Gasteiger partial charge < -0.3 is 10.0 Å². The van der Waals surface area contributed by atoms with Gasteiger partial charge in [0.15, 0.2) is 0 Å². The molecule has 1 amide bonds. The largest absolute Gasteiger partial charge is 0.389 e. The molecule has 4 rings (SSSR count). The van der Waals surface area contributed by atoms with Gasteiger partial charge in [-0.25, -0.2) is 4.39 Å². The molecule has 0 spiro atoms. The molecule has 1 aliphatic heterocycles. The van der Waals surface area contributed by atoms with Crippen molar-refractivity contribution in [2.75, 3.05) is 6.54 Å². The van der Waals surface area contributed by atoms with Gasteiger partial charge in [-0.3, -0.25) is 4.79 Å². The van der Waals surface area contributed by atoms with E-state index in [0.29, 0.717) is 17.8 Å². The SMILES string of the molecule is O=C(c1cccs1)N1CC[C@]2(O)CCCC[C@H]2[C@@H]1c1ccc(F)cc1. The molecule has 0 radical (unpaired) electrons. The number of halogens is 1. The van der Waals surface area contributed by atoms with Crippen molar-refractivity contribution in [2.24, 2.45) is 5.92 Å². The van der Waals surface area contributed by atoms with Crippen molar-refractivity contribution in [2.45, 2.75) is 43.7 Å². The quantitative estimate of drug-likeness (QED) is 0.864. The number of fused-ring (bicyclic) bond motifs is 1. The smallest absolute Gasteiger partial charge is 0.264 e. The summed E-state index contributed by atoms with van der Waals surface area (Å²) < 4.78 is 13.4. The standard InChI is InChI=1S/C20H22FNO2S/c21-15-8-6-14(7-9-15)18-16-4-1-2-10-20(16,24)11-12-22(18)19(23)17-5-3-13-25-17/h3,5-9,13,16,18,24H,1-2,4,10-12H2/t16-,18-,20+/m0/s1. The minimum Gasteiger partial charge on any atom is -0.389 e. The molecule has 25 heavy (non-hydrogen) atoms. The minimum absolute atomic E-state index is 0.00405. The highest BCUT2D eigenvalue weighted by molar-refractivity contribution is 7.12. The Morgan fingerprint density at radius 1 is 1.20 bits per heavy atom. The van der Waals surface area contributed by atoms with Gasteiger partial charge in [-0.15, -0.1) is 11.3 Å². The Bertz CT molecular complexity index is 746. The predicted octanol–water partition coefficient (Wildman–Crippen LogP) is 4.40. The zero-order valence-electron chi connectivity index (χ0n) is 14.0. The molecule has 2 aromatic rings. The number of nitrogens with zero attached hydrogens (tertiary/aromatic N) is 1. The van der Waals surface area contributed by atoms with Gasteiger partial charge in [0.05, 0.1) is 16.5 Å². The molecule has 2 fully saturated rings. The summed E-state index contributed by atoms with van der Waals surface area (Å²) in [7, 11) is 0. The van der Waals surface area contributed by atoms with Crippen LogP contribution in [-0.4, -0.2) is 28.1 Å². The van der Waals surface area contributed by atoms with E-state index in [1.807, 2.05) is 22.4 Å². The van der Waals surface area contributed by atoms with E-state index in [9.17, 15) is 14.3 Å². The summed E-state index contributed by atoms with van der Waals surface area (Å²) in [5.74, 6) is -0.268. The van der Waals surface area contributed by atoms with Crippen LogP contribution in [0.25, 0.3) is 0 Å². The maximum atomic E-state index is 13.4. The zero-order valence-corrected chi connectivity index (χ0v) is 14.8. The highest BCUT2D eigenvalue weighted by Gasteiger charge is 2.50. The first-order chi connectivity index (χ1) is 12.1. The van der Waals surface area contributed by atoms with Gasteiger partial charge in [0.1, 0.15) is 5.82 Å². The van der Waals surface area contributed by atoms with E-state index < -0.39 is 5.60 Å². The van der Waals surface area contributed by atoms with Crippen LogP contribution in [-0.2, 0) is 0 Å². The minimum atomic E-state index is -0.719. The summed E-state index contributed by atoms with van der Waals surface area (Å²) in [6, 6.07) is 9.93.